The molecule has 1 saturated carbocycles. The number of rotatable bonds is 4. The van der Waals surface area contributed by atoms with Crippen molar-refractivity contribution in [2.75, 3.05) is 39.9 Å². The first-order valence-corrected chi connectivity index (χ1v) is 7.95. The Morgan fingerprint density at radius 3 is 2.18 bits per heavy atom. The molecule has 1 atom stereocenters. The molecular formula is C15H28ClN3O3. The molecular weight excluding hydrogens is 306 g/mol. The molecule has 1 saturated heterocycles. The van der Waals surface area contributed by atoms with E-state index in [1.165, 1.54) is 26.4 Å². The summed E-state index contributed by atoms with van der Waals surface area (Å²) in [6.45, 7) is 2.64. The number of nitrogens with two attached hydrogens (primary N) is 1. The van der Waals surface area contributed by atoms with Gasteiger partial charge in [-0.05, 0) is 12.8 Å². The summed E-state index contributed by atoms with van der Waals surface area (Å²) >= 11 is 0. The third kappa shape index (κ3) is 4.83. The van der Waals surface area contributed by atoms with Gasteiger partial charge in [-0.15, -0.1) is 12.4 Å². The van der Waals surface area contributed by atoms with Crippen LogP contribution in [0.25, 0.3) is 0 Å². The third-order valence-corrected chi connectivity index (χ3v) is 4.52. The van der Waals surface area contributed by atoms with E-state index in [2.05, 4.69) is 0 Å². The fourth-order valence-electron chi connectivity index (χ4n) is 3.24. The van der Waals surface area contributed by atoms with Crippen molar-refractivity contribution in [3.63, 3.8) is 0 Å². The van der Waals surface area contributed by atoms with E-state index in [0.717, 1.165) is 12.8 Å². The topological polar surface area (TPSA) is 75.9 Å². The fourth-order valence-corrected chi connectivity index (χ4v) is 3.24. The molecule has 0 spiro atoms. The predicted molar refractivity (Wildman–Crippen MR) is 86.8 cm³/mol. The van der Waals surface area contributed by atoms with E-state index in [9.17, 15) is 9.59 Å². The van der Waals surface area contributed by atoms with Gasteiger partial charge < -0.3 is 20.3 Å². The van der Waals surface area contributed by atoms with Gasteiger partial charge in [0.25, 0.3) is 0 Å². The Labute approximate surface area is 138 Å². The van der Waals surface area contributed by atoms with Gasteiger partial charge in [-0.25, -0.2) is 0 Å². The summed E-state index contributed by atoms with van der Waals surface area (Å²) in [5.41, 5.74) is 5.77. The van der Waals surface area contributed by atoms with Gasteiger partial charge >= 0.3 is 0 Å². The maximum atomic E-state index is 12.4. The van der Waals surface area contributed by atoms with Crippen LogP contribution < -0.4 is 5.73 Å². The second-order valence-corrected chi connectivity index (χ2v) is 6.05. The molecule has 1 unspecified atom stereocenters. The summed E-state index contributed by atoms with van der Waals surface area (Å²) in [6.07, 6.45) is 5.64. The number of hydrogen-bond donors (Lipinski definition) is 1. The Bertz CT molecular complexity index is 367. The van der Waals surface area contributed by atoms with Crippen molar-refractivity contribution in [2.24, 2.45) is 11.7 Å². The molecule has 0 aromatic rings. The molecule has 0 bridgehead atoms. The number of nitrogens with zero attached hydrogens (tertiary/aromatic N) is 2. The van der Waals surface area contributed by atoms with Crippen LogP contribution in [0.5, 0.6) is 0 Å². The van der Waals surface area contributed by atoms with Crippen LogP contribution in [0, 0.1) is 5.92 Å². The number of carbonyl (C=O) groups is 2. The average Bonchev–Trinajstić information content (AvgIpc) is 2.54. The second-order valence-electron chi connectivity index (χ2n) is 6.05. The zero-order valence-corrected chi connectivity index (χ0v) is 14.1. The van der Waals surface area contributed by atoms with Crippen LogP contribution in [0.4, 0.5) is 0 Å². The number of amides is 2. The van der Waals surface area contributed by atoms with Gasteiger partial charge in [0.2, 0.25) is 11.8 Å². The first kappa shape index (κ1) is 19.2. The Kier molecular flexibility index (Phi) is 8.14. The molecule has 2 aliphatic rings. The van der Waals surface area contributed by atoms with Gasteiger partial charge in [0.1, 0.15) is 6.04 Å². The summed E-state index contributed by atoms with van der Waals surface area (Å²) in [6, 6.07) is -0.601. The lowest BCUT2D eigenvalue weighted by atomic mass is 9.88. The standard InChI is InChI=1S/C15H27N3O3.ClH/c1-21-11-13(16)15(20)18-9-7-17(8-10-18)14(19)12-5-3-2-4-6-12;/h12-13H,2-11,16H2,1H3;1H. The summed E-state index contributed by atoms with van der Waals surface area (Å²) in [7, 11) is 1.54. The number of ether oxygens (including phenoxy) is 1. The van der Waals surface area contributed by atoms with Crippen LogP contribution >= 0.6 is 12.4 Å². The molecule has 128 valence electrons. The first-order valence-electron chi connectivity index (χ1n) is 7.95. The monoisotopic (exact) mass is 333 g/mol. The van der Waals surface area contributed by atoms with E-state index < -0.39 is 6.04 Å². The Hall–Kier alpha value is -0.850. The van der Waals surface area contributed by atoms with E-state index in [1.807, 2.05) is 4.90 Å². The molecule has 1 heterocycles. The quantitative estimate of drug-likeness (QED) is 0.819. The van der Waals surface area contributed by atoms with Gasteiger partial charge in [0.05, 0.1) is 6.61 Å². The molecule has 0 aromatic carbocycles. The number of methoxy groups -OCH3 is 1. The molecule has 0 radical (unpaired) electrons. The van der Waals surface area contributed by atoms with Crippen LogP contribution in [0.2, 0.25) is 0 Å². The van der Waals surface area contributed by atoms with Crippen molar-refractivity contribution in [1.29, 1.82) is 0 Å². The maximum absolute atomic E-state index is 12.4. The summed E-state index contributed by atoms with van der Waals surface area (Å²) < 4.78 is 4.92. The Morgan fingerprint density at radius 1 is 1.09 bits per heavy atom. The molecule has 2 fully saturated rings. The van der Waals surface area contributed by atoms with Crippen molar-refractivity contribution in [2.45, 2.75) is 38.1 Å². The van der Waals surface area contributed by atoms with E-state index >= 15 is 0 Å². The molecule has 1 aliphatic heterocycles. The van der Waals surface area contributed by atoms with Crippen molar-refractivity contribution >= 4 is 24.2 Å². The van der Waals surface area contributed by atoms with E-state index in [-0.39, 0.29) is 36.7 Å². The lowest BCUT2D eigenvalue weighted by Crippen LogP contribution is -2.56. The highest BCUT2D eigenvalue weighted by Gasteiger charge is 2.30. The van der Waals surface area contributed by atoms with Gasteiger partial charge in [-0.1, -0.05) is 19.3 Å². The fraction of sp³-hybridized carbons (Fsp3) is 0.867. The highest BCUT2D eigenvalue weighted by atomic mass is 35.5. The molecule has 22 heavy (non-hydrogen) atoms. The summed E-state index contributed by atoms with van der Waals surface area (Å²) in [4.78, 5) is 28.2. The molecule has 2 N–H and O–H groups in total. The van der Waals surface area contributed by atoms with Gasteiger partial charge in [0.15, 0.2) is 0 Å². The maximum Gasteiger partial charge on any atom is 0.241 e. The minimum absolute atomic E-state index is 0. The van der Waals surface area contributed by atoms with Crippen LogP contribution in [0.15, 0.2) is 0 Å². The lowest BCUT2D eigenvalue weighted by Gasteiger charge is -2.37. The molecule has 0 aromatic heterocycles. The summed E-state index contributed by atoms with van der Waals surface area (Å²) in [5, 5.41) is 0. The number of halogens is 1. The Morgan fingerprint density at radius 2 is 1.64 bits per heavy atom. The summed E-state index contributed by atoms with van der Waals surface area (Å²) in [5.74, 6) is 0.404. The van der Waals surface area contributed by atoms with Crippen molar-refractivity contribution < 1.29 is 14.3 Å². The molecule has 6 nitrogen and oxygen atoms in total. The van der Waals surface area contributed by atoms with E-state index in [4.69, 9.17) is 10.5 Å². The molecule has 7 heteroatoms. The molecule has 2 amide bonds. The van der Waals surface area contributed by atoms with Crippen LogP contribution in [0.1, 0.15) is 32.1 Å². The minimum Gasteiger partial charge on any atom is -0.383 e. The zero-order valence-electron chi connectivity index (χ0n) is 13.3. The highest BCUT2D eigenvalue weighted by Crippen LogP contribution is 2.25. The van der Waals surface area contributed by atoms with Crippen molar-refractivity contribution in [1.82, 2.24) is 9.80 Å². The largest absolute Gasteiger partial charge is 0.383 e. The van der Waals surface area contributed by atoms with Crippen molar-refractivity contribution in [3.8, 4) is 0 Å². The number of piperazine rings is 1. The SMILES string of the molecule is COCC(N)C(=O)N1CCN(C(=O)C2CCCCC2)CC1.Cl. The third-order valence-electron chi connectivity index (χ3n) is 4.52. The van der Waals surface area contributed by atoms with Crippen LogP contribution in [-0.2, 0) is 14.3 Å². The number of carbonyl (C=O) groups excluding carboxylic acids is 2. The Balaban J connectivity index is 0.00000242. The highest BCUT2D eigenvalue weighted by molar-refractivity contribution is 5.85. The van der Waals surface area contributed by atoms with Gasteiger partial charge in [0, 0.05) is 39.2 Å². The first-order chi connectivity index (χ1) is 10.1. The smallest absolute Gasteiger partial charge is 0.241 e. The normalized spacial score (nSPS) is 21.2. The zero-order chi connectivity index (χ0) is 15.2. The molecule has 2 rings (SSSR count). The lowest BCUT2D eigenvalue weighted by molar-refractivity contribution is -0.143. The second kappa shape index (κ2) is 9.33. The number of hydrogen-bond acceptors (Lipinski definition) is 4. The van der Waals surface area contributed by atoms with E-state index in [0.29, 0.717) is 26.2 Å². The van der Waals surface area contributed by atoms with Gasteiger partial charge in [-0.2, -0.15) is 0 Å². The average molecular weight is 334 g/mol. The van der Waals surface area contributed by atoms with Gasteiger partial charge in [-0.3, -0.25) is 9.59 Å². The molecule has 1 aliphatic carbocycles. The minimum atomic E-state index is -0.601. The van der Waals surface area contributed by atoms with Crippen LogP contribution in [0.3, 0.4) is 0 Å². The van der Waals surface area contributed by atoms with Crippen molar-refractivity contribution in [3.05, 3.63) is 0 Å². The predicted octanol–water partition coefficient (Wildman–Crippen LogP) is 0.633. The van der Waals surface area contributed by atoms with Crippen LogP contribution in [-0.4, -0.2) is 67.6 Å². The van der Waals surface area contributed by atoms with E-state index in [1.54, 1.807) is 4.90 Å².